The Labute approximate surface area is 134 Å². The van der Waals surface area contributed by atoms with E-state index >= 15 is 0 Å². The third-order valence-electron chi connectivity index (χ3n) is 3.55. The predicted molar refractivity (Wildman–Crippen MR) is 86.6 cm³/mol. The van der Waals surface area contributed by atoms with Crippen molar-refractivity contribution >= 4 is 11.6 Å². The number of methoxy groups -OCH3 is 1. The number of ether oxygens (including phenoxy) is 1. The van der Waals surface area contributed by atoms with Crippen molar-refractivity contribution in [3.05, 3.63) is 69.8 Å². The van der Waals surface area contributed by atoms with Crippen LogP contribution in [0.5, 0.6) is 5.75 Å². The van der Waals surface area contributed by atoms with E-state index in [2.05, 4.69) is 5.32 Å². The fourth-order valence-electron chi connectivity index (χ4n) is 2.26. The van der Waals surface area contributed by atoms with E-state index in [1.807, 2.05) is 31.2 Å². The van der Waals surface area contributed by atoms with Gasteiger partial charge < -0.3 is 10.1 Å². The van der Waals surface area contributed by atoms with Crippen LogP contribution >= 0.6 is 0 Å². The molecule has 0 saturated carbocycles. The summed E-state index contributed by atoms with van der Waals surface area (Å²) in [5.74, 6) is 0.407. The molecule has 2 aromatic carbocycles. The molecule has 1 amide bonds. The fraction of sp³-hybridized carbons (Fsp3) is 0.235. The lowest BCUT2D eigenvalue weighted by Crippen LogP contribution is -2.28. The number of nitro benzene ring substituents is 1. The van der Waals surface area contributed by atoms with Gasteiger partial charge in [0.15, 0.2) is 0 Å². The van der Waals surface area contributed by atoms with Crippen LogP contribution in [-0.4, -0.2) is 17.9 Å². The molecule has 23 heavy (non-hydrogen) atoms. The Hall–Kier alpha value is -2.89. The van der Waals surface area contributed by atoms with Gasteiger partial charge in [0.05, 0.1) is 18.1 Å². The molecule has 0 aliphatic heterocycles. The molecule has 120 valence electrons. The van der Waals surface area contributed by atoms with Crippen molar-refractivity contribution in [2.24, 2.45) is 0 Å². The van der Waals surface area contributed by atoms with Gasteiger partial charge >= 0.3 is 0 Å². The number of carbonyl (C=O) groups is 1. The molecule has 6 heteroatoms. The van der Waals surface area contributed by atoms with Crippen molar-refractivity contribution < 1.29 is 14.5 Å². The molecule has 0 fully saturated rings. The minimum atomic E-state index is -0.516. The van der Waals surface area contributed by atoms with Gasteiger partial charge in [-0.15, -0.1) is 0 Å². The quantitative estimate of drug-likeness (QED) is 0.653. The Morgan fingerprint density at radius 3 is 2.52 bits per heavy atom. The molecule has 0 bridgehead atoms. The van der Waals surface area contributed by atoms with E-state index in [4.69, 9.17) is 4.74 Å². The summed E-state index contributed by atoms with van der Waals surface area (Å²) < 4.78 is 5.12. The van der Waals surface area contributed by atoms with Gasteiger partial charge in [-0.25, -0.2) is 0 Å². The van der Waals surface area contributed by atoms with E-state index in [0.717, 1.165) is 11.3 Å². The van der Waals surface area contributed by atoms with Crippen LogP contribution in [0.25, 0.3) is 0 Å². The Morgan fingerprint density at radius 2 is 1.96 bits per heavy atom. The maximum Gasteiger partial charge on any atom is 0.270 e. The van der Waals surface area contributed by atoms with Crippen molar-refractivity contribution in [2.75, 3.05) is 7.11 Å². The van der Waals surface area contributed by atoms with Crippen LogP contribution in [0.4, 0.5) is 5.69 Å². The van der Waals surface area contributed by atoms with Crippen LogP contribution in [0.3, 0.4) is 0 Å². The number of nitrogens with zero attached hydrogens (tertiary/aromatic N) is 1. The van der Waals surface area contributed by atoms with E-state index in [-0.39, 0.29) is 23.2 Å². The number of rotatable bonds is 6. The second-order valence-electron chi connectivity index (χ2n) is 5.01. The maximum atomic E-state index is 12.3. The number of benzene rings is 2. The summed E-state index contributed by atoms with van der Waals surface area (Å²) in [6.45, 7) is 1.96. The van der Waals surface area contributed by atoms with Crippen molar-refractivity contribution in [1.82, 2.24) is 5.32 Å². The second kappa shape index (κ2) is 7.40. The molecule has 2 rings (SSSR count). The predicted octanol–water partition coefficient (Wildman–Crippen LogP) is 3.48. The first-order valence-electron chi connectivity index (χ1n) is 7.24. The summed E-state index contributed by atoms with van der Waals surface area (Å²) in [7, 11) is 1.59. The number of non-ortho nitro benzene ring substituents is 1. The van der Waals surface area contributed by atoms with E-state index in [1.54, 1.807) is 13.2 Å². The van der Waals surface area contributed by atoms with Gasteiger partial charge in [0, 0.05) is 17.7 Å². The summed E-state index contributed by atoms with van der Waals surface area (Å²) >= 11 is 0. The molecule has 1 N–H and O–H groups in total. The molecule has 0 aliphatic carbocycles. The highest BCUT2D eigenvalue weighted by atomic mass is 16.6. The van der Waals surface area contributed by atoms with Crippen molar-refractivity contribution in [3.8, 4) is 5.75 Å². The first-order chi connectivity index (χ1) is 11.0. The second-order valence-corrected chi connectivity index (χ2v) is 5.01. The van der Waals surface area contributed by atoms with Crippen molar-refractivity contribution in [2.45, 2.75) is 19.4 Å². The molecule has 0 aromatic heterocycles. The van der Waals surface area contributed by atoms with Gasteiger partial charge in [-0.05, 0) is 30.2 Å². The molecule has 0 heterocycles. The van der Waals surface area contributed by atoms with E-state index in [0.29, 0.717) is 6.42 Å². The Bertz CT molecular complexity index is 698. The van der Waals surface area contributed by atoms with Gasteiger partial charge in [0.25, 0.3) is 11.6 Å². The number of hydrogen-bond donors (Lipinski definition) is 1. The Morgan fingerprint density at radius 1 is 1.26 bits per heavy atom. The van der Waals surface area contributed by atoms with Crippen LogP contribution in [0.1, 0.15) is 35.3 Å². The van der Waals surface area contributed by atoms with Crippen LogP contribution in [0, 0.1) is 10.1 Å². The average Bonchev–Trinajstić information content (AvgIpc) is 2.59. The smallest absolute Gasteiger partial charge is 0.270 e. The lowest BCUT2D eigenvalue weighted by Gasteiger charge is -2.18. The number of carbonyl (C=O) groups excluding carboxylic acids is 1. The molecule has 0 radical (unpaired) electrons. The van der Waals surface area contributed by atoms with Gasteiger partial charge in [0.2, 0.25) is 0 Å². The van der Waals surface area contributed by atoms with Gasteiger partial charge in [-0.3, -0.25) is 14.9 Å². The molecule has 0 aliphatic rings. The zero-order valence-corrected chi connectivity index (χ0v) is 13.0. The summed E-state index contributed by atoms with van der Waals surface area (Å²) in [5.41, 5.74) is 1.12. The maximum absolute atomic E-state index is 12.3. The summed E-state index contributed by atoms with van der Waals surface area (Å²) in [6, 6.07) is 13.0. The Kier molecular flexibility index (Phi) is 5.30. The molecular formula is C17H18N2O4. The normalized spacial score (nSPS) is 11.6. The highest BCUT2D eigenvalue weighted by Crippen LogP contribution is 2.21. The van der Waals surface area contributed by atoms with Crippen molar-refractivity contribution in [3.63, 3.8) is 0 Å². The standard InChI is InChI=1S/C17H18N2O4/c1-3-16(12-7-9-15(23-2)10-8-12)18-17(20)13-5-4-6-14(11-13)19(21)22/h4-11,16H,3H2,1-2H3,(H,18,20). The largest absolute Gasteiger partial charge is 0.497 e. The minimum Gasteiger partial charge on any atom is -0.497 e. The highest BCUT2D eigenvalue weighted by molar-refractivity contribution is 5.95. The number of nitro groups is 1. The monoisotopic (exact) mass is 314 g/mol. The summed E-state index contributed by atoms with van der Waals surface area (Å²) in [6.07, 6.45) is 0.701. The molecule has 1 unspecified atom stereocenters. The van der Waals surface area contributed by atoms with Gasteiger partial charge in [-0.1, -0.05) is 25.1 Å². The van der Waals surface area contributed by atoms with Gasteiger partial charge in [-0.2, -0.15) is 0 Å². The third-order valence-corrected chi connectivity index (χ3v) is 3.55. The van der Waals surface area contributed by atoms with E-state index in [1.165, 1.54) is 18.2 Å². The zero-order valence-electron chi connectivity index (χ0n) is 13.0. The molecule has 0 spiro atoms. The topological polar surface area (TPSA) is 81.5 Å². The third kappa shape index (κ3) is 4.06. The summed E-state index contributed by atoms with van der Waals surface area (Å²) in [4.78, 5) is 22.6. The number of hydrogen-bond acceptors (Lipinski definition) is 4. The van der Waals surface area contributed by atoms with Gasteiger partial charge in [0.1, 0.15) is 5.75 Å². The minimum absolute atomic E-state index is 0.102. The molecule has 2 aromatic rings. The number of nitrogens with one attached hydrogen (secondary N) is 1. The molecular weight excluding hydrogens is 296 g/mol. The molecule has 0 saturated heterocycles. The zero-order chi connectivity index (χ0) is 16.8. The molecule has 6 nitrogen and oxygen atoms in total. The first kappa shape index (κ1) is 16.5. The Balaban J connectivity index is 2.15. The van der Waals surface area contributed by atoms with Crippen LogP contribution in [0.15, 0.2) is 48.5 Å². The fourth-order valence-corrected chi connectivity index (χ4v) is 2.26. The highest BCUT2D eigenvalue weighted by Gasteiger charge is 2.16. The average molecular weight is 314 g/mol. The lowest BCUT2D eigenvalue weighted by molar-refractivity contribution is -0.384. The van der Waals surface area contributed by atoms with E-state index < -0.39 is 4.92 Å². The van der Waals surface area contributed by atoms with Crippen LogP contribution in [-0.2, 0) is 0 Å². The van der Waals surface area contributed by atoms with E-state index in [9.17, 15) is 14.9 Å². The SMILES string of the molecule is CCC(NC(=O)c1cccc([N+](=O)[O-])c1)c1ccc(OC)cc1. The summed E-state index contributed by atoms with van der Waals surface area (Å²) in [5, 5.41) is 13.7. The lowest BCUT2D eigenvalue weighted by atomic mass is 10.0. The van der Waals surface area contributed by atoms with Crippen LogP contribution in [0.2, 0.25) is 0 Å². The first-order valence-corrected chi connectivity index (χ1v) is 7.24. The van der Waals surface area contributed by atoms with Crippen molar-refractivity contribution in [1.29, 1.82) is 0 Å². The molecule has 1 atom stereocenters. The van der Waals surface area contributed by atoms with Crippen LogP contribution < -0.4 is 10.1 Å². The number of amides is 1.